The van der Waals surface area contributed by atoms with Crippen molar-refractivity contribution < 1.29 is 28.6 Å². The van der Waals surface area contributed by atoms with E-state index in [0.717, 1.165) is 63.7 Å². The van der Waals surface area contributed by atoms with E-state index in [1.807, 2.05) is 0 Å². The Morgan fingerprint density at radius 2 is 0.547 bits per heavy atom. The first-order valence-corrected chi connectivity index (χ1v) is 28.9. The van der Waals surface area contributed by atoms with E-state index in [4.69, 9.17) is 14.2 Å². The van der Waals surface area contributed by atoms with Gasteiger partial charge < -0.3 is 14.2 Å². The molecule has 0 aromatic heterocycles. The molecule has 380 valence electrons. The van der Waals surface area contributed by atoms with Crippen LogP contribution < -0.4 is 0 Å². The molecule has 0 rings (SSSR count). The van der Waals surface area contributed by atoms with E-state index >= 15 is 0 Å². The molecule has 0 aliphatic carbocycles. The van der Waals surface area contributed by atoms with Crippen LogP contribution in [0.3, 0.4) is 0 Å². The van der Waals surface area contributed by atoms with Crippen LogP contribution in [0.2, 0.25) is 0 Å². The lowest BCUT2D eigenvalue weighted by atomic mass is 9.99. The molecule has 0 fully saturated rings. The van der Waals surface area contributed by atoms with Gasteiger partial charge in [-0.1, -0.05) is 291 Å². The number of esters is 3. The quantitative estimate of drug-likeness (QED) is 0.0344. The van der Waals surface area contributed by atoms with Gasteiger partial charge in [0, 0.05) is 19.3 Å². The second-order valence-electron chi connectivity index (χ2n) is 20.2. The average Bonchev–Trinajstić information content (AvgIpc) is 3.29. The zero-order chi connectivity index (χ0) is 46.7. The molecule has 0 saturated carbocycles. The standard InChI is InChI=1S/C58H112O6/c1-5-8-10-12-14-16-18-19-20-21-22-23-27-30-34-37-41-45-49-56(59)62-52-55(64-58(61)51-47-43-39-33-17-15-13-11-9-6-2)53-63-57(60)50-46-42-38-35-31-28-25-24-26-29-32-36-40-44-48-54(4)7-3/h54-55H,5-53H2,1-4H3/t54?,55-/m1/s1. The molecule has 0 aromatic carbocycles. The number of unbranched alkanes of at least 4 members (excludes halogenated alkanes) is 39. The number of hydrogen-bond acceptors (Lipinski definition) is 6. The third-order valence-electron chi connectivity index (χ3n) is 13.7. The number of ether oxygens (including phenoxy) is 3. The van der Waals surface area contributed by atoms with Gasteiger partial charge in [0.05, 0.1) is 0 Å². The van der Waals surface area contributed by atoms with E-state index in [-0.39, 0.29) is 31.1 Å². The highest BCUT2D eigenvalue weighted by atomic mass is 16.6. The second-order valence-corrected chi connectivity index (χ2v) is 20.2. The second kappa shape index (κ2) is 52.4. The summed E-state index contributed by atoms with van der Waals surface area (Å²) in [6.07, 6.45) is 56.6. The van der Waals surface area contributed by atoms with Gasteiger partial charge in [-0.05, 0) is 25.2 Å². The summed E-state index contributed by atoms with van der Waals surface area (Å²) in [7, 11) is 0. The molecule has 0 amide bonds. The Labute approximate surface area is 399 Å². The molecule has 0 radical (unpaired) electrons. The maximum absolute atomic E-state index is 12.8. The van der Waals surface area contributed by atoms with E-state index in [1.54, 1.807) is 0 Å². The topological polar surface area (TPSA) is 78.9 Å². The van der Waals surface area contributed by atoms with Crippen LogP contribution in [0.15, 0.2) is 0 Å². The molecule has 0 heterocycles. The Morgan fingerprint density at radius 3 is 0.812 bits per heavy atom. The summed E-state index contributed by atoms with van der Waals surface area (Å²) in [5.41, 5.74) is 0. The minimum Gasteiger partial charge on any atom is -0.462 e. The van der Waals surface area contributed by atoms with Crippen LogP contribution >= 0.6 is 0 Å². The summed E-state index contributed by atoms with van der Waals surface area (Å²) in [6, 6.07) is 0. The lowest BCUT2D eigenvalue weighted by Crippen LogP contribution is -2.30. The summed E-state index contributed by atoms with van der Waals surface area (Å²) in [4.78, 5) is 38.1. The predicted octanol–water partition coefficient (Wildman–Crippen LogP) is 19.0. The number of rotatable bonds is 53. The third-order valence-corrected chi connectivity index (χ3v) is 13.7. The van der Waals surface area contributed by atoms with Gasteiger partial charge in [-0.3, -0.25) is 14.4 Å². The van der Waals surface area contributed by atoms with Crippen LogP contribution in [0, 0.1) is 5.92 Å². The van der Waals surface area contributed by atoms with Crippen LogP contribution in [-0.4, -0.2) is 37.2 Å². The minimum absolute atomic E-state index is 0.0621. The highest BCUT2D eigenvalue weighted by molar-refractivity contribution is 5.71. The fraction of sp³-hybridized carbons (Fsp3) is 0.948. The SMILES string of the molecule is CCCCCCCCCCCCCCCCCCCCC(=O)OC[C@H](COC(=O)CCCCCCCCCCCCCCCCC(C)CC)OC(=O)CCCCCCCCCCCC. The maximum atomic E-state index is 12.8. The first-order valence-electron chi connectivity index (χ1n) is 28.9. The monoisotopic (exact) mass is 905 g/mol. The van der Waals surface area contributed by atoms with Crippen molar-refractivity contribution in [3.63, 3.8) is 0 Å². The van der Waals surface area contributed by atoms with Gasteiger partial charge in [0.1, 0.15) is 13.2 Å². The molecule has 0 spiro atoms. The molecule has 0 N–H and O–H groups in total. The van der Waals surface area contributed by atoms with Crippen molar-refractivity contribution in [3.8, 4) is 0 Å². The predicted molar refractivity (Wildman–Crippen MR) is 275 cm³/mol. The van der Waals surface area contributed by atoms with Crippen molar-refractivity contribution in [1.29, 1.82) is 0 Å². The smallest absolute Gasteiger partial charge is 0.306 e. The fourth-order valence-corrected chi connectivity index (χ4v) is 8.89. The minimum atomic E-state index is -0.761. The Kier molecular flexibility index (Phi) is 51.1. The van der Waals surface area contributed by atoms with Crippen molar-refractivity contribution in [1.82, 2.24) is 0 Å². The van der Waals surface area contributed by atoms with Gasteiger partial charge in [-0.2, -0.15) is 0 Å². The molecular weight excluding hydrogens is 793 g/mol. The van der Waals surface area contributed by atoms with Crippen LogP contribution in [0.1, 0.15) is 329 Å². The molecule has 0 aliphatic rings. The third kappa shape index (κ3) is 49.8. The average molecular weight is 906 g/mol. The summed E-state index contributed by atoms with van der Waals surface area (Å²) in [6.45, 7) is 9.09. The van der Waals surface area contributed by atoms with Gasteiger partial charge in [0.25, 0.3) is 0 Å². The van der Waals surface area contributed by atoms with Crippen molar-refractivity contribution in [2.24, 2.45) is 5.92 Å². The fourth-order valence-electron chi connectivity index (χ4n) is 8.89. The van der Waals surface area contributed by atoms with Crippen LogP contribution in [-0.2, 0) is 28.6 Å². The van der Waals surface area contributed by atoms with Crippen molar-refractivity contribution in [2.45, 2.75) is 336 Å². The Balaban J connectivity index is 4.21. The van der Waals surface area contributed by atoms with Crippen LogP contribution in [0.5, 0.6) is 0 Å². The largest absolute Gasteiger partial charge is 0.462 e. The van der Waals surface area contributed by atoms with E-state index in [1.165, 1.54) is 225 Å². The number of carbonyl (C=O) groups is 3. The Hall–Kier alpha value is -1.59. The lowest BCUT2D eigenvalue weighted by molar-refractivity contribution is -0.167. The van der Waals surface area contributed by atoms with Gasteiger partial charge in [0.15, 0.2) is 6.10 Å². The van der Waals surface area contributed by atoms with Crippen molar-refractivity contribution in [3.05, 3.63) is 0 Å². The normalized spacial score (nSPS) is 12.4. The first kappa shape index (κ1) is 62.4. The Bertz CT molecular complexity index is 966. The highest BCUT2D eigenvalue weighted by Crippen LogP contribution is 2.18. The highest BCUT2D eigenvalue weighted by Gasteiger charge is 2.19. The zero-order valence-electron chi connectivity index (χ0n) is 43.8. The van der Waals surface area contributed by atoms with Gasteiger partial charge in [-0.15, -0.1) is 0 Å². The van der Waals surface area contributed by atoms with E-state index < -0.39 is 6.10 Å². The molecule has 2 atom stereocenters. The maximum Gasteiger partial charge on any atom is 0.306 e. The molecule has 64 heavy (non-hydrogen) atoms. The molecule has 0 aliphatic heterocycles. The summed E-state index contributed by atoms with van der Waals surface area (Å²) in [5.74, 6) is 0.0578. The van der Waals surface area contributed by atoms with Crippen molar-refractivity contribution in [2.75, 3.05) is 13.2 Å². The molecular formula is C58H112O6. The first-order chi connectivity index (χ1) is 31.4. The van der Waals surface area contributed by atoms with Crippen molar-refractivity contribution >= 4 is 17.9 Å². The Morgan fingerprint density at radius 1 is 0.312 bits per heavy atom. The van der Waals surface area contributed by atoms with E-state index in [0.29, 0.717) is 19.3 Å². The molecule has 6 nitrogen and oxygen atoms in total. The summed E-state index contributed by atoms with van der Waals surface area (Å²) < 4.78 is 16.9. The van der Waals surface area contributed by atoms with Crippen LogP contribution in [0.4, 0.5) is 0 Å². The lowest BCUT2D eigenvalue weighted by Gasteiger charge is -2.18. The zero-order valence-corrected chi connectivity index (χ0v) is 43.8. The van der Waals surface area contributed by atoms with Crippen LogP contribution in [0.25, 0.3) is 0 Å². The molecule has 6 heteroatoms. The molecule has 1 unspecified atom stereocenters. The summed E-state index contributed by atoms with van der Waals surface area (Å²) in [5, 5.41) is 0. The molecule has 0 aromatic rings. The van der Waals surface area contributed by atoms with Gasteiger partial charge in [-0.25, -0.2) is 0 Å². The number of hydrogen-bond donors (Lipinski definition) is 0. The van der Waals surface area contributed by atoms with E-state index in [2.05, 4.69) is 27.7 Å². The molecule has 0 saturated heterocycles. The summed E-state index contributed by atoms with van der Waals surface area (Å²) >= 11 is 0. The van der Waals surface area contributed by atoms with Gasteiger partial charge in [0.2, 0.25) is 0 Å². The van der Waals surface area contributed by atoms with Gasteiger partial charge >= 0.3 is 17.9 Å². The molecule has 0 bridgehead atoms. The van der Waals surface area contributed by atoms with E-state index in [9.17, 15) is 14.4 Å². The number of carbonyl (C=O) groups excluding carboxylic acids is 3.